The highest BCUT2D eigenvalue weighted by molar-refractivity contribution is 7.54. The van der Waals surface area contributed by atoms with Crippen LogP contribution < -0.4 is 0 Å². The maximum atomic E-state index is 11.2. The molecule has 0 spiro atoms. The van der Waals surface area contributed by atoms with E-state index in [0.717, 1.165) is 7.11 Å². The van der Waals surface area contributed by atoms with E-state index in [4.69, 9.17) is 9.79 Å². The van der Waals surface area contributed by atoms with Crippen molar-refractivity contribution >= 4 is 13.6 Å². The summed E-state index contributed by atoms with van der Waals surface area (Å²) < 4.78 is 15.5. The molecule has 78 valence electrons. The van der Waals surface area contributed by atoms with Crippen LogP contribution in [0.25, 0.3) is 0 Å². The Labute approximate surface area is 77.3 Å². The molecule has 0 aromatic rings. The molecular formula is C7H15O5P. The van der Waals surface area contributed by atoms with Gasteiger partial charge in [0.25, 0.3) is 0 Å². The van der Waals surface area contributed by atoms with E-state index in [-0.39, 0.29) is 0 Å². The Morgan fingerprint density at radius 1 is 1.46 bits per heavy atom. The van der Waals surface area contributed by atoms with Crippen molar-refractivity contribution in [2.45, 2.75) is 25.9 Å². The first-order valence-electron chi connectivity index (χ1n) is 3.82. The number of esters is 1. The number of methoxy groups -OCH3 is 1. The molecule has 5 nitrogen and oxygen atoms in total. The molecular weight excluding hydrogens is 195 g/mol. The molecule has 0 aliphatic heterocycles. The third-order valence-electron chi connectivity index (χ3n) is 2.33. The standard InChI is InChI=1S/C7H15O5P/c1-5(2)7(3,6(8)12-4)13(9,10)11/h5H,1-4H3,(H2,9,10,11). The molecule has 0 radical (unpaired) electrons. The Hall–Kier alpha value is -0.380. The van der Waals surface area contributed by atoms with Crippen molar-refractivity contribution in [3.63, 3.8) is 0 Å². The highest BCUT2D eigenvalue weighted by atomic mass is 31.2. The molecule has 1 atom stereocenters. The summed E-state index contributed by atoms with van der Waals surface area (Å²) in [6.45, 7) is 4.34. The van der Waals surface area contributed by atoms with E-state index in [0.29, 0.717) is 0 Å². The predicted octanol–water partition coefficient (Wildman–Crippen LogP) is 0.752. The number of ether oxygens (including phenoxy) is 1. The zero-order chi connectivity index (χ0) is 10.9. The van der Waals surface area contributed by atoms with Gasteiger partial charge in [0.1, 0.15) is 0 Å². The second-order valence-corrected chi connectivity index (χ2v) is 5.35. The van der Waals surface area contributed by atoms with Gasteiger partial charge in [-0.1, -0.05) is 13.8 Å². The molecule has 0 aliphatic carbocycles. The molecule has 0 heterocycles. The summed E-state index contributed by atoms with van der Waals surface area (Å²) in [5.74, 6) is -1.36. The molecule has 0 rings (SSSR count). The van der Waals surface area contributed by atoms with Crippen molar-refractivity contribution in [3.8, 4) is 0 Å². The van der Waals surface area contributed by atoms with Crippen LogP contribution in [0.3, 0.4) is 0 Å². The van der Waals surface area contributed by atoms with Gasteiger partial charge in [-0.25, -0.2) is 0 Å². The van der Waals surface area contributed by atoms with Gasteiger partial charge in [0.15, 0.2) is 5.16 Å². The molecule has 0 aromatic heterocycles. The van der Waals surface area contributed by atoms with Crippen molar-refractivity contribution in [2.75, 3.05) is 7.11 Å². The summed E-state index contributed by atoms with van der Waals surface area (Å²) in [6, 6.07) is 0. The van der Waals surface area contributed by atoms with E-state index in [1.54, 1.807) is 13.8 Å². The number of hydrogen-bond donors (Lipinski definition) is 2. The monoisotopic (exact) mass is 210 g/mol. The zero-order valence-corrected chi connectivity index (χ0v) is 9.04. The maximum absolute atomic E-state index is 11.2. The number of carbonyl (C=O) groups is 1. The van der Waals surface area contributed by atoms with Gasteiger partial charge in [0.2, 0.25) is 0 Å². The second-order valence-electron chi connectivity index (χ2n) is 3.34. The predicted molar refractivity (Wildman–Crippen MR) is 47.3 cm³/mol. The minimum atomic E-state index is -4.49. The van der Waals surface area contributed by atoms with Gasteiger partial charge in [-0.15, -0.1) is 0 Å². The van der Waals surface area contributed by atoms with Gasteiger partial charge in [0.05, 0.1) is 7.11 Å². The Morgan fingerprint density at radius 2 is 1.85 bits per heavy atom. The average Bonchev–Trinajstić information content (AvgIpc) is 1.98. The van der Waals surface area contributed by atoms with Gasteiger partial charge < -0.3 is 14.5 Å². The van der Waals surface area contributed by atoms with Gasteiger partial charge in [-0.2, -0.15) is 0 Å². The van der Waals surface area contributed by atoms with Crippen molar-refractivity contribution in [3.05, 3.63) is 0 Å². The Morgan fingerprint density at radius 3 is 1.92 bits per heavy atom. The van der Waals surface area contributed by atoms with Crippen LogP contribution >= 0.6 is 7.60 Å². The molecule has 0 bridgehead atoms. The third-order valence-corrected chi connectivity index (χ3v) is 4.24. The summed E-state index contributed by atoms with van der Waals surface area (Å²) in [5.41, 5.74) is 0. The minimum Gasteiger partial charge on any atom is -0.468 e. The van der Waals surface area contributed by atoms with Crippen molar-refractivity contribution < 1.29 is 23.9 Å². The topological polar surface area (TPSA) is 83.8 Å². The zero-order valence-electron chi connectivity index (χ0n) is 8.14. The van der Waals surface area contributed by atoms with E-state index in [2.05, 4.69) is 4.74 Å². The van der Waals surface area contributed by atoms with E-state index in [1.807, 2.05) is 0 Å². The van der Waals surface area contributed by atoms with Crippen LogP contribution in [0, 0.1) is 5.92 Å². The van der Waals surface area contributed by atoms with E-state index >= 15 is 0 Å². The van der Waals surface area contributed by atoms with E-state index in [9.17, 15) is 9.36 Å². The van der Waals surface area contributed by atoms with Gasteiger partial charge in [-0.3, -0.25) is 9.36 Å². The third kappa shape index (κ3) is 2.10. The molecule has 13 heavy (non-hydrogen) atoms. The first-order valence-corrected chi connectivity index (χ1v) is 5.43. The van der Waals surface area contributed by atoms with Crippen LogP contribution in [-0.2, 0) is 14.1 Å². The SMILES string of the molecule is COC(=O)C(C)(C(C)C)P(=O)(O)O. The fourth-order valence-corrected chi connectivity index (χ4v) is 1.90. The molecule has 0 aliphatic rings. The van der Waals surface area contributed by atoms with Crippen LogP contribution in [0.5, 0.6) is 0 Å². The lowest BCUT2D eigenvalue weighted by Gasteiger charge is -2.30. The van der Waals surface area contributed by atoms with Gasteiger partial charge in [0, 0.05) is 0 Å². The maximum Gasteiger partial charge on any atom is 0.342 e. The van der Waals surface area contributed by atoms with Crippen LogP contribution in [0.15, 0.2) is 0 Å². The second kappa shape index (κ2) is 3.78. The molecule has 0 aromatic carbocycles. The lowest BCUT2D eigenvalue weighted by molar-refractivity contribution is -0.145. The quantitative estimate of drug-likeness (QED) is 0.530. The number of rotatable bonds is 3. The lowest BCUT2D eigenvalue weighted by atomic mass is 9.97. The van der Waals surface area contributed by atoms with Crippen LogP contribution in [-0.4, -0.2) is 28.0 Å². The number of hydrogen-bond acceptors (Lipinski definition) is 3. The smallest absolute Gasteiger partial charge is 0.342 e. The highest BCUT2D eigenvalue weighted by Gasteiger charge is 2.52. The van der Waals surface area contributed by atoms with Crippen LogP contribution in [0.4, 0.5) is 0 Å². The van der Waals surface area contributed by atoms with Crippen LogP contribution in [0.1, 0.15) is 20.8 Å². The van der Waals surface area contributed by atoms with Crippen molar-refractivity contribution in [1.29, 1.82) is 0 Å². The summed E-state index contributed by atoms with van der Waals surface area (Å²) in [5, 5.41) is -1.75. The fourth-order valence-electron chi connectivity index (χ4n) is 0.898. The summed E-state index contributed by atoms with van der Waals surface area (Å²) in [7, 11) is -3.38. The first-order chi connectivity index (χ1) is 5.67. The Kier molecular flexibility index (Phi) is 3.67. The Bertz CT molecular complexity index is 243. The first kappa shape index (κ1) is 12.6. The summed E-state index contributed by atoms with van der Waals surface area (Å²) >= 11 is 0. The Balaban J connectivity index is 5.21. The molecule has 6 heteroatoms. The average molecular weight is 210 g/mol. The largest absolute Gasteiger partial charge is 0.468 e. The summed E-state index contributed by atoms with van der Waals surface area (Å²) in [6.07, 6.45) is 0. The molecule has 0 saturated heterocycles. The van der Waals surface area contributed by atoms with Gasteiger partial charge >= 0.3 is 13.6 Å². The lowest BCUT2D eigenvalue weighted by Crippen LogP contribution is -2.41. The molecule has 0 saturated carbocycles. The normalized spacial score (nSPS) is 16.8. The summed E-state index contributed by atoms with van der Waals surface area (Å²) in [4.78, 5) is 29.2. The van der Waals surface area contributed by atoms with Crippen molar-refractivity contribution in [1.82, 2.24) is 0 Å². The van der Waals surface area contributed by atoms with Crippen molar-refractivity contribution in [2.24, 2.45) is 5.92 Å². The number of carbonyl (C=O) groups excluding carboxylic acids is 1. The van der Waals surface area contributed by atoms with E-state index < -0.39 is 24.6 Å². The molecule has 2 N–H and O–H groups in total. The highest BCUT2D eigenvalue weighted by Crippen LogP contribution is 2.54. The minimum absolute atomic E-state index is 0.485. The fraction of sp³-hybridized carbons (Fsp3) is 0.857. The van der Waals surface area contributed by atoms with Crippen LogP contribution in [0.2, 0.25) is 0 Å². The molecule has 0 fully saturated rings. The molecule has 1 unspecified atom stereocenters. The van der Waals surface area contributed by atoms with Gasteiger partial charge in [-0.05, 0) is 12.8 Å². The van der Waals surface area contributed by atoms with E-state index in [1.165, 1.54) is 6.92 Å². The molecule has 0 amide bonds.